The van der Waals surface area contributed by atoms with Crippen LogP contribution < -0.4 is 10.6 Å². The Hall–Kier alpha value is -0.860. The van der Waals surface area contributed by atoms with Crippen molar-refractivity contribution in [2.24, 2.45) is 4.99 Å². The molecule has 1 aliphatic rings. The average Bonchev–Trinajstić information content (AvgIpc) is 2.60. The van der Waals surface area contributed by atoms with Crippen LogP contribution in [0, 0.1) is 0 Å². The van der Waals surface area contributed by atoms with E-state index in [4.69, 9.17) is 9.73 Å². The number of hydrogen-bond donors (Lipinski definition) is 3. The Morgan fingerprint density at radius 2 is 1.84 bits per heavy atom. The van der Waals surface area contributed by atoms with Gasteiger partial charge in [-0.05, 0) is 50.7 Å². The van der Waals surface area contributed by atoms with Crippen LogP contribution in [0.25, 0.3) is 0 Å². The number of aliphatic imine (C=N–C) groups is 1. The summed E-state index contributed by atoms with van der Waals surface area (Å²) >= 11 is 0. The zero-order chi connectivity index (χ0) is 17.2. The number of hydrogen-bond acceptors (Lipinski definition) is 3. The van der Waals surface area contributed by atoms with Crippen molar-refractivity contribution in [3.05, 3.63) is 35.4 Å². The molecule has 6 heteroatoms. The quantitative estimate of drug-likeness (QED) is 0.332. The van der Waals surface area contributed by atoms with Crippen LogP contribution in [-0.4, -0.2) is 36.4 Å². The zero-order valence-electron chi connectivity index (χ0n) is 15.3. The second kappa shape index (κ2) is 12.5. The number of halogens is 1. The second-order valence-electron chi connectivity index (χ2n) is 6.25. The van der Waals surface area contributed by atoms with Crippen molar-refractivity contribution in [3.63, 3.8) is 0 Å². The van der Waals surface area contributed by atoms with Gasteiger partial charge in [0.1, 0.15) is 0 Å². The molecule has 0 heterocycles. The number of nitrogens with zero attached hydrogens (tertiary/aromatic N) is 1. The van der Waals surface area contributed by atoms with Crippen LogP contribution in [0.15, 0.2) is 29.3 Å². The lowest BCUT2D eigenvalue weighted by atomic mass is 9.93. The van der Waals surface area contributed by atoms with Gasteiger partial charge < -0.3 is 20.5 Å². The second-order valence-corrected chi connectivity index (χ2v) is 6.25. The number of ether oxygens (including phenoxy) is 1. The molecule has 0 aliphatic heterocycles. The number of aliphatic hydroxyl groups excluding tert-OH is 1. The minimum absolute atomic E-state index is 0. The van der Waals surface area contributed by atoms with Crippen molar-refractivity contribution in [3.8, 4) is 0 Å². The molecule has 0 radical (unpaired) electrons. The molecular weight excluding hydrogens is 429 g/mol. The molecule has 1 aromatic carbocycles. The molecule has 0 spiro atoms. The fourth-order valence-electron chi connectivity index (χ4n) is 2.96. The standard InChI is InChI=1S/C19H31N3O2.HI/c1-3-20-19(22-17-9-11-18(23)12-10-17)21-13-15-7-5-6-8-16(15)14-24-4-2;/h5-8,17-18,23H,3-4,9-14H2,1-2H3,(H2,20,21,22);1H. The Balaban J connectivity index is 0.00000312. The number of nitrogens with one attached hydrogen (secondary N) is 2. The molecular formula is C19H32IN3O2. The van der Waals surface area contributed by atoms with Crippen LogP contribution in [0.3, 0.4) is 0 Å². The van der Waals surface area contributed by atoms with Crippen molar-refractivity contribution in [1.82, 2.24) is 10.6 Å². The smallest absolute Gasteiger partial charge is 0.191 e. The fraction of sp³-hybridized carbons (Fsp3) is 0.632. The van der Waals surface area contributed by atoms with Crippen LogP contribution in [-0.2, 0) is 17.9 Å². The van der Waals surface area contributed by atoms with Gasteiger partial charge in [0, 0.05) is 19.2 Å². The molecule has 1 aromatic rings. The molecule has 0 atom stereocenters. The summed E-state index contributed by atoms with van der Waals surface area (Å²) in [5.41, 5.74) is 2.39. The molecule has 142 valence electrons. The van der Waals surface area contributed by atoms with Crippen molar-refractivity contribution in [2.45, 2.75) is 64.8 Å². The van der Waals surface area contributed by atoms with E-state index in [9.17, 15) is 5.11 Å². The summed E-state index contributed by atoms with van der Waals surface area (Å²) in [6.07, 6.45) is 3.59. The molecule has 1 aliphatic carbocycles. The first-order chi connectivity index (χ1) is 11.7. The van der Waals surface area contributed by atoms with Crippen molar-refractivity contribution in [2.75, 3.05) is 13.2 Å². The van der Waals surface area contributed by atoms with E-state index in [0.717, 1.165) is 44.8 Å². The maximum atomic E-state index is 9.63. The van der Waals surface area contributed by atoms with E-state index in [1.54, 1.807) is 0 Å². The number of rotatable bonds is 7. The molecule has 1 saturated carbocycles. The van der Waals surface area contributed by atoms with Crippen molar-refractivity contribution >= 4 is 29.9 Å². The van der Waals surface area contributed by atoms with Crippen LogP contribution in [0.5, 0.6) is 0 Å². The van der Waals surface area contributed by atoms with Gasteiger partial charge in [0.05, 0.1) is 19.3 Å². The van der Waals surface area contributed by atoms with Crippen molar-refractivity contribution in [1.29, 1.82) is 0 Å². The van der Waals surface area contributed by atoms with Crippen LogP contribution in [0.4, 0.5) is 0 Å². The Labute approximate surface area is 168 Å². The predicted octanol–water partition coefficient (Wildman–Crippen LogP) is 3.20. The normalized spacial score (nSPS) is 20.7. The molecule has 0 amide bonds. The van der Waals surface area contributed by atoms with E-state index in [1.807, 2.05) is 19.1 Å². The lowest BCUT2D eigenvalue weighted by Crippen LogP contribution is -2.45. The maximum absolute atomic E-state index is 9.63. The average molecular weight is 461 g/mol. The Kier molecular flexibility index (Phi) is 11.1. The van der Waals surface area contributed by atoms with E-state index < -0.39 is 0 Å². The number of aliphatic hydroxyl groups is 1. The lowest BCUT2D eigenvalue weighted by molar-refractivity contribution is 0.120. The fourth-order valence-corrected chi connectivity index (χ4v) is 2.96. The number of guanidine groups is 1. The van der Waals surface area contributed by atoms with Gasteiger partial charge in [-0.15, -0.1) is 24.0 Å². The topological polar surface area (TPSA) is 65.9 Å². The molecule has 0 saturated heterocycles. The Morgan fingerprint density at radius 3 is 2.48 bits per heavy atom. The summed E-state index contributed by atoms with van der Waals surface area (Å²) in [4.78, 5) is 4.74. The molecule has 0 unspecified atom stereocenters. The third-order valence-corrected chi connectivity index (χ3v) is 4.37. The Morgan fingerprint density at radius 1 is 1.16 bits per heavy atom. The third-order valence-electron chi connectivity index (χ3n) is 4.37. The third kappa shape index (κ3) is 7.92. The monoisotopic (exact) mass is 461 g/mol. The molecule has 25 heavy (non-hydrogen) atoms. The summed E-state index contributed by atoms with van der Waals surface area (Å²) in [5, 5.41) is 16.5. The number of benzene rings is 1. The van der Waals surface area contributed by atoms with Crippen LogP contribution in [0.2, 0.25) is 0 Å². The van der Waals surface area contributed by atoms with Gasteiger partial charge >= 0.3 is 0 Å². The van der Waals surface area contributed by atoms with Gasteiger partial charge in [0.15, 0.2) is 5.96 Å². The molecule has 2 rings (SSSR count). The minimum Gasteiger partial charge on any atom is -0.393 e. The van der Waals surface area contributed by atoms with Gasteiger partial charge in [-0.25, -0.2) is 4.99 Å². The summed E-state index contributed by atoms with van der Waals surface area (Å²) < 4.78 is 5.54. The molecule has 0 bridgehead atoms. The highest BCUT2D eigenvalue weighted by molar-refractivity contribution is 14.0. The van der Waals surface area contributed by atoms with E-state index in [1.165, 1.54) is 11.1 Å². The summed E-state index contributed by atoms with van der Waals surface area (Å²) in [6, 6.07) is 8.69. The van der Waals surface area contributed by atoms with Crippen LogP contribution in [0.1, 0.15) is 50.7 Å². The highest BCUT2D eigenvalue weighted by Gasteiger charge is 2.19. The largest absolute Gasteiger partial charge is 0.393 e. The highest BCUT2D eigenvalue weighted by atomic mass is 127. The minimum atomic E-state index is -0.131. The first kappa shape index (κ1) is 22.2. The Bertz CT molecular complexity index is 517. The summed E-state index contributed by atoms with van der Waals surface area (Å²) in [5.74, 6) is 0.852. The maximum Gasteiger partial charge on any atom is 0.191 e. The van der Waals surface area contributed by atoms with Crippen molar-refractivity contribution < 1.29 is 9.84 Å². The van der Waals surface area contributed by atoms with E-state index in [0.29, 0.717) is 19.2 Å². The van der Waals surface area contributed by atoms with Gasteiger partial charge in [0.25, 0.3) is 0 Å². The SMILES string of the molecule is CCNC(=NCc1ccccc1COCC)NC1CCC(O)CC1.I. The van der Waals surface area contributed by atoms with Gasteiger partial charge in [-0.1, -0.05) is 24.3 Å². The molecule has 5 nitrogen and oxygen atoms in total. The lowest BCUT2D eigenvalue weighted by Gasteiger charge is -2.27. The van der Waals surface area contributed by atoms with Gasteiger partial charge in [-0.2, -0.15) is 0 Å². The van der Waals surface area contributed by atoms with E-state index in [2.05, 4.69) is 29.7 Å². The first-order valence-electron chi connectivity index (χ1n) is 9.10. The highest BCUT2D eigenvalue weighted by Crippen LogP contribution is 2.18. The van der Waals surface area contributed by atoms with Crippen LogP contribution >= 0.6 is 24.0 Å². The summed E-state index contributed by atoms with van der Waals surface area (Å²) in [6.45, 7) is 6.90. The van der Waals surface area contributed by atoms with E-state index in [-0.39, 0.29) is 30.1 Å². The van der Waals surface area contributed by atoms with Gasteiger partial charge in [-0.3, -0.25) is 0 Å². The molecule has 0 aromatic heterocycles. The molecule has 3 N–H and O–H groups in total. The predicted molar refractivity (Wildman–Crippen MR) is 113 cm³/mol. The van der Waals surface area contributed by atoms with Gasteiger partial charge in [0.2, 0.25) is 0 Å². The zero-order valence-corrected chi connectivity index (χ0v) is 17.7. The van der Waals surface area contributed by atoms with E-state index >= 15 is 0 Å². The first-order valence-corrected chi connectivity index (χ1v) is 9.10. The summed E-state index contributed by atoms with van der Waals surface area (Å²) in [7, 11) is 0. The molecule has 1 fully saturated rings.